The number of hydrogen-bond donors (Lipinski definition) is 0. The highest BCUT2D eigenvalue weighted by molar-refractivity contribution is 6.69. The third kappa shape index (κ3) is 7.97. The molecule has 0 saturated carbocycles. The lowest BCUT2D eigenvalue weighted by Gasteiger charge is -2.25. The molecule has 1 atom stereocenters. The molecule has 1 unspecified atom stereocenters. The Morgan fingerprint density at radius 2 is 2.08 bits per heavy atom. The molecule has 0 saturated heterocycles. The van der Waals surface area contributed by atoms with E-state index in [1.165, 1.54) is 6.08 Å². The van der Waals surface area contributed by atoms with E-state index in [2.05, 4.69) is 26.6 Å². The van der Waals surface area contributed by atoms with Crippen molar-refractivity contribution in [2.24, 2.45) is 0 Å². The molecule has 0 aromatic rings. The van der Waals surface area contributed by atoms with E-state index < -0.39 is 8.32 Å². The van der Waals surface area contributed by atoms with Gasteiger partial charge in [-0.05, 0) is 26.1 Å². The molecule has 13 heavy (non-hydrogen) atoms. The largest absolute Gasteiger partial charge is 0.414 e. The van der Waals surface area contributed by atoms with E-state index in [0.717, 1.165) is 12.8 Å². The minimum absolute atomic E-state index is 0.220. The standard InChI is InChI=1S/C10H20O2Si/c1-5-7-10(8-6-9-11)12-13(2,3)4/h6,10H,5,7-8H2,1-4H3. The first kappa shape index (κ1) is 12.6. The lowest BCUT2D eigenvalue weighted by molar-refractivity contribution is 0.186. The average Bonchev–Trinajstić information content (AvgIpc) is 1.98. The molecule has 0 aliphatic heterocycles. The molecule has 0 N–H and O–H groups in total. The predicted molar refractivity (Wildman–Crippen MR) is 58.0 cm³/mol. The summed E-state index contributed by atoms with van der Waals surface area (Å²) in [6.07, 6.45) is 4.59. The first-order valence-corrected chi connectivity index (χ1v) is 8.27. The molecule has 0 amide bonds. The van der Waals surface area contributed by atoms with Gasteiger partial charge in [0, 0.05) is 18.6 Å². The van der Waals surface area contributed by atoms with Crippen molar-refractivity contribution >= 4 is 14.3 Å². The maximum absolute atomic E-state index is 10.1. The van der Waals surface area contributed by atoms with Crippen molar-refractivity contribution in [2.75, 3.05) is 0 Å². The van der Waals surface area contributed by atoms with Crippen LogP contribution in [0.4, 0.5) is 0 Å². The number of hydrogen-bond acceptors (Lipinski definition) is 2. The van der Waals surface area contributed by atoms with Gasteiger partial charge < -0.3 is 4.43 Å². The van der Waals surface area contributed by atoms with Crippen LogP contribution in [0.1, 0.15) is 26.2 Å². The van der Waals surface area contributed by atoms with Crippen molar-refractivity contribution in [3.05, 3.63) is 6.08 Å². The van der Waals surface area contributed by atoms with Gasteiger partial charge in [0.1, 0.15) is 5.94 Å². The Kier molecular flexibility index (Phi) is 5.96. The summed E-state index contributed by atoms with van der Waals surface area (Å²) in [4.78, 5) is 10.1. The van der Waals surface area contributed by atoms with Crippen LogP contribution in [-0.2, 0) is 9.22 Å². The molecule has 0 fully saturated rings. The van der Waals surface area contributed by atoms with Crippen LogP contribution in [0.2, 0.25) is 19.6 Å². The Morgan fingerprint density at radius 1 is 1.46 bits per heavy atom. The first-order chi connectivity index (χ1) is 5.99. The van der Waals surface area contributed by atoms with E-state index in [-0.39, 0.29) is 6.10 Å². The van der Waals surface area contributed by atoms with Crippen LogP contribution in [0.5, 0.6) is 0 Å². The molecule has 0 bridgehead atoms. The molecule has 0 rings (SSSR count). The lowest BCUT2D eigenvalue weighted by atomic mass is 10.1. The van der Waals surface area contributed by atoms with Gasteiger partial charge in [-0.15, -0.1) is 0 Å². The fraction of sp³-hybridized carbons (Fsp3) is 0.800. The highest BCUT2D eigenvalue weighted by atomic mass is 28.4. The summed E-state index contributed by atoms with van der Waals surface area (Å²) in [5.74, 6) is 1.80. The van der Waals surface area contributed by atoms with Gasteiger partial charge in [-0.25, -0.2) is 4.79 Å². The quantitative estimate of drug-likeness (QED) is 0.487. The third-order valence-corrected chi connectivity index (χ3v) is 2.64. The van der Waals surface area contributed by atoms with Crippen molar-refractivity contribution in [2.45, 2.75) is 51.9 Å². The van der Waals surface area contributed by atoms with Gasteiger partial charge in [-0.2, -0.15) is 0 Å². The maximum Gasteiger partial charge on any atom is 0.184 e. The Morgan fingerprint density at radius 3 is 2.46 bits per heavy atom. The normalized spacial score (nSPS) is 13.5. The second-order valence-electron chi connectivity index (χ2n) is 4.20. The number of carbonyl (C=O) groups excluding carboxylic acids is 1. The van der Waals surface area contributed by atoms with Crippen molar-refractivity contribution in [3.8, 4) is 0 Å². The minimum Gasteiger partial charge on any atom is -0.414 e. The van der Waals surface area contributed by atoms with Crippen LogP contribution in [0.25, 0.3) is 0 Å². The summed E-state index contributed by atoms with van der Waals surface area (Å²) in [5.41, 5.74) is 0. The summed E-state index contributed by atoms with van der Waals surface area (Å²) in [6, 6.07) is 0. The molecular weight excluding hydrogens is 180 g/mol. The van der Waals surface area contributed by atoms with E-state index >= 15 is 0 Å². The van der Waals surface area contributed by atoms with E-state index in [9.17, 15) is 4.79 Å². The first-order valence-electron chi connectivity index (χ1n) is 4.86. The Labute approximate surface area is 82.1 Å². The summed E-state index contributed by atoms with van der Waals surface area (Å²) in [6.45, 7) is 8.63. The van der Waals surface area contributed by atoms with Gasteiger partial charge in [0.05, 0.1) is 0 Å². The van der Waals surface area contributed by atoms with Gasteiger partial charge in [-0.1, -0.05) is 13.3 Å². The summed E-state index contributed by atoms with van der Waals surface area (Å²) < 4.78 is 5.91. The predicted octanol–water partition coefficient (Wildman–Crippen LogP) is 2.78. The van der Waals surface area contributed by atoms with Crippen LogP contribution in [0.3, 0.4) is 0 Å². The smallest absolute Gasteiger partial charge is 0.184 e. The zero-order valence-corrected chi connectivity index (χ0v) is 10.1. The summed E-state index contributed by atoms with van der Waals surface area (Å²) in [5, 5.41) is 0. The lowest BCUT2D eigenvalue weighted by Crippen LogP contribution is -2.31. The Bertz CT molecular complexity index is 178. The molecule has 0 spiro atoms. The van der Waals surface area contributed by atoms with Crippen molar-refractivity contribution in [1.82, 2.24) is 0 Å². The van der Waals surface area contributed by atoms with E-state index in [4.69, 9.17) is 4.43 Å². The zero-order valence-electron chi connectivity index (χ0n) is 9.09. The van der Waals surface area contributed by atoms with E-state index in [0.29, 0.717) is 6.42 Å². The second kappa shape index (κ2) is 6.14. The minimum atomic E-state index is -1.46. The van der Waals surface area contributed by atoms with Crippen LogP contribution in [0.15, 0.2) is 6.08 Å². The van der Waals surface area contributed by atoms with E-state index in [1.807, 2.05) is 0 Å². The molecule has 0 aliphatic carbocycles. The SMILES string of the molecule is CCCC(CC=C=O)O[Si](C)(C)C. The summed E-state index contributed by atoms with van der Waals surface area (Å²) >= 11 is 0. The zero-order chi connectivity index (χ0) is 10.3. The fourth-order valence-electron chi connectivity index (χ4n) is 1.23. The van der Waals surface area contributed by atoms with Crippen LogP contribution >= 0.6 is 0 Å². The topological polar surface area (TPSA) is 26.3 Å². The molecule has 0 radical (unpaired) electrons. The Balaban J connectivity index is 4.00. The average molecular weight is 200 g/mol. The number of rotatable bonds is 6. The molecule has 0 heterocycles. The fourth-order valence-corrected chi connectivity index (χ4v) is 2.44. The van der Waals surface area contributed by atoms with Gasteiger partial charge in [0.2, 0.25) is 0 Å². The highest BCUT2D eigenvalue weighted by Crippen LogP contribution is 2.14. The van der Waals surface area contributed by atoms with Gasteiger partial charge >= 0.3 is 0 Å². The van der Waals surface area contributed by atoms with Crippen LogP contribution in [-0.4, -0.2) is 20.4 Å². The second-order valence-corrected chi connectivity index (χ2v) is 8.66. The van der Waals surface area contributed by atoms with Crippen LogP contribution < -0.4 is 0 Å². The molecule has 2 nitrogen and oxygen atoms in total. The molecule has 0 aromatic heterocycles. The third-order valence-electron chi connectivity index (χ3n) is 1.59. The van der Waals surface area contributed by atoms with Gasteiger partial charge in [-0.3, -0.25) is 0 Å². The molecular formula is C10H20O2Si. The molecule has 76 valence electrons. The molecule has 3 heteroatoms. The Hall–Kier alpha value is -0.373. The van der Waals surface area contributed by atoms with Crippen molar-refractivity contribution in [3.63, 3.8) is 0 Å². The van der Waals surface area contributed by atoms with Crippen molar-refractivity contribution in [1.29, 1.82) is 0 Å². The van der Waals surface area contributed by atoms with Crippen LogP contribution in [0, 0.1) is 0 Å². The molecule has 0 aliphatic rings. The van der Waals surface area contributed by atoms with Gasteiger partial charge in [0.15, 0.2) is 8.32 Å². The van der Waals surface area contributed by atoms with E-state index in [1.54, 1.807) is 5.94 Å². The maximum atomic E-state index is 10.1. The highest BCUT2D eigenvalue weighted by Gasteiger charge is 2.19. The van der Waals surface area contributed by atoms with Gasteiger partial charge in [0.25, 0.3) is 0 Å². The summed E-state index contributed by atoms with van der Waals surface area (Å²) in [7, 11) is -1.46. The monoisotopic (exact) mass is 200 g/mol. The molecule has 0 aromatic carbocycles. The van der Waals surface area contributed by atoms with Crippen molar-refractivity contribution < 1.29 is 9.22 Å².